The van der Waals surface area contributed by atoms with Gasteiger partial charge < -0.3 is 19.1 Å². The lowest BCUT2D eigenvalue weighted by Gasteiger charge is -2.35. The molecule has 0 bridgehead atoms. The number of methoxy groups -OCH3 is 2. The van der Waals surface area contributed by atoms with E-state index in [9.17, 15) is 9.59 Å². The van der Waals surface area contributed by atoms with Crippen molar-refractivity contribution in [2.24, 2.45) is 0 Å². The quantitative estimate of drug-likeness (QED) is 0.441. The Morgan fingerprint density at radius 3 is 2.36 bits per heavy atom. The van der Waals surface area contributed by atoms with Gasteiger partial charge in [0.2, 0.25) is 0 Å². The first-order valence-electron chi connectivity index (χ1n) is 12.1. The molecule has 0 saturated heterocycles. The number of nitrogens with zero attached hydrogens (tertiary/aromatic N) is 1. The number of hydrogen-bond acceptors (Lipinski definition) is 5. The first-order valence-corrected chi connectivity index (χ1v) is 12.1. The third-order valence-corrected chi connectivity index (χ3v) is 6.55. The number of amides is 1. The van der Waals surface area contributed by atoms with E-state index in [1.807, 2.05) is 54.6 Å². The molecule has 3 aromatic carbocycles. The largest absolute Gasteiger partial charge is 0.496 e. The minimum absolute atomic E-state index is 0.137. The number of benzene rings is 3. The molecule has 0 radical (unpaired) electrons. The van der Waals surface area contributed by atoms with Crippen LogP contribution in [0.25, 0.3) is 0 Å². The highest BCUT2D eigenvalue weighted by Gasteiger charge is 2.36. The minimum Gasteiger partial charge on any atom is -0.496 e. The Balaban J connectivity index is 1.62. The van der Waals surface area contributed by atoms with Crippen LogP contribution in [0, 0.1) is 0 Å². The molecule has 1 aliphatic rings. The van der Waals surface area contributed by atoms with Gasteiger partial charge in [0.05, 0.1) is 14.2 Å². The average Bonchev–Trinajstić information content (AvgIpc) is 2.89. The van der Waals surface area contributed by atoms with Crippen molar-refractivity contribution >= 4 is 11.9 Å². The van der Waals surface area contributed by atoms with Gasteiger partial charge in [-0.3, -0.25) is 4.79 Å². The van der Waals surface area contributed by atoms with Crippen LogP contribution in [0.2, 0.25) is 0 Å². The second-order valence-electron chi connectivity index (χ2n) is 10.0. The second kappa shape index (κ2) is 10.4. The zero-order valence-electron chi connectivity index (χ0n) is 21.5. The first-order chi connectivity index (χ1) is 17.2. The van der Waals surface area contributed by atoms with Crippen molar-refractivity contribution in [1.29, 1.82) is 0 Å². The molecule has 1 heterocycles. The van der Waals surface area contributed by atoms with Gasteiger partial charge in [0.25, 0.3) is 5.91 Å². The summed E-state index contributed by atoms with van der Waals surface area (Å²) >= 11 is 0. The molecule has 6 heteroatoms. The van der Waals surface area contributed by atoms with Gasteiger partial charge in [0.15, 0.2) is 0 Å². The van der Waals surface area contributed by atoms with E-state index >= 15 is 0 Å². The standard InChI is InChI=1S/C30H33NO5/c1-30(2,3)25-14-12-22(17-27(25)34-4)28(32)31-18-23-15-24(36-19-20-9-7-6-8-10-20)13-11-21(23)16-26(31)29(33)35-5/h6-15,17,26H,16,18-19H2,1-5H3. The van der Waals surface area contributed by atoms with Crippen LogP contribution in [-0.4, -0.2) is 37.0 Å². The summed E-state index contributed by atoms with van der Waals surface area (Å²) in [5.41, 5.74) is 4.37. The molecule has 36 heavy (non-hydrogen) atoms. The number of fused-ring (bicyclic) bond motifs is 1. The summed E-state index contributed by atoms with van der Waals surface area (Å²) in [5, 5.41) is 0. The summed E-state index contributed by atoms with van der Waals surface area (Å²) in [7, 11) is 2.95. The summed E-state index contributed by atoms with van der Waals surface area (Å²) < 4.78 is 16.7. The average molecular weight is 488 g/mol. The lowest BCUT2D eigenvalue weighted by molar-refractivity contribution is -0.146. The first kappa shape index (κ1) is 25.3. The van der Waals surface area contributed by atoms with Crippen LogP contribution < -0.4 is 9.47 Å². The fourth-order valence-corrected chi connectivity index (χ4v) is 4.56. The minimum atomic E-state index is -0.709. The molecule has 0 N–H and O–H groups in total. The highest BCUT2D eigenvalue weighted by Crippen LogP contribution is 2.34. The summed E-state index contributed by atoms with van der Waals surface area (Å²) in [5.74, 6) is 0.691. The predicted octanol–water partition coefficient (Wildman–Crippen LogP) is 5.31. The van der Waals surface area contributed by atoms with E-state index in [2.05, 4.69) is 20.8 Å². The van der Waals surface area contributed by atoms with E-state index < -0.39 is 12.0 Å². The number of hydrogen-bond donors (Lipinski definition) is 0. The van der Waals surface area contributed by atoms with Crippen LogP contribution in [0.3, 0.4) is 0 Å². The fourth-order valence-electron chi connectivity index (χ4n) is 4.56. The number of rotatable bonds is 6. The molecule has 3 aromatic rings. The third kappa shape index (κ3) is 5.38. The van der Waals surface area contributed by atoms with Crippen LogP contribution in [-0.2, 0) is 34.5 Å². The molecule has 4 rings (SSSR count). The summed E-state index contributed by atoms with van der Waals surface area (Å²) in [6.45, 7) is 7.02. The monoisotopic (exact) mass is 487 g/mol. The second-order valence-corrected chi connectivity index (χ2v) is 10.0. The predicted molar refractivity (Wildman–Crippen MR) is 138 cm³/mol. The van der Waals surface area contributed by atoms with Crippen molar-refractivity contribution in [3.8, 4) is 11.5 Å². The zero-order valence-corrected chi connectivity index (χ0v) is 21.5. The molecule has 0 aliphatic carbocycles. The van der Waals surface area contributed by atoms with E-state index in [1.54, 1.807) is 24.1 Å². The lowest BCUT2D eigenvalue weighted by atomic mass is 9.85. The van der Waals surface area contributed by atoms with Crippen LogP contribution in [0.4, 0.5) is 0 Å². The Morgan fingerprint density at radius 1 is 0.944 bits per heavy atom. The van der Waals surface area contributed by atoms with Crippen LogP contribution >= 0.6 is 0 Å². The Kier molecular flexibility index (Phi) is 7.34. The van der Waals surface area contributed by atoms with E-state index in [0.717, 1.165) is 28.0 Å². The Bertz CT molecular complexity index is 1250. The van der Waals surface area contributed by atoms with E-state index in [4.69, 9.17) is 14.2 Å². The number of ether oxygens (including phenoxy) is 3. The fraction of sp³-hybridized carbons (Fsp3) is 0.333. The van der Waals surface area contributed by atoms with Crippen molar-refractivity contribution in [1.82, 2.24) is 4.90 Å². The Morgan fingerprint density at radius 2 is 1.69 bits per heavy atom. The van der Waals surface area contributed by atoms with Gasteiger partial charge in [0.1, 0.15) is 24.1 Å². The van der Waals surface area contributed by atoms with Gasteiger partial charge in [-0.1, -0.05) is 63.2 Å². The molecule has 1 aliphatic heterocycles. The van der Waals surface area contributed by atoms with Crippen molar-refractivity contribution < 1.29 is 23.8 Å². The van der Waals surface area contributed by atoms with Gasteiger partial charge in [-0.25, -0.2) is 4.79 Å². The summed E-state index contributed by atoms with van der Waals surface area (Å²) in [6.07, 6.45) is 0.379. The number of carbonyl (C=O) groups excluding carboxylic acids is 2. The van der Waals surface area contributed by atoms with Crippen molar-refractivity contribution in [2.75, 3.05) is 14.2 Å². The Hall–Kier alpha value is -3.80. The van der Waals surface area contributed by atoms with Crippen LogP contribution in [0.1, 0.15) is 53.4 Å². The maximum absolute atomic E-state index is 13.7. The van der Waals surface area contributed by atoms with Gasteiger partial charge in [-0.2, -0.15) is 0 Å². The Labute approximate surface area is 212 Å². The van der Waals surface area contributed by atoms with E-state index in [1.165, 1.54) is 7.11 Å². The van der Waals surface area contributed by atoms with Gasteiger partial charge in [0, 0.05) is 18.5 Å². The zero-order chi connectivity index (χ0) is 25.9. The van der Waals surface area contributed by atoms with Gasteiger partial charge in [-0.05, 0) is 51.9 Å². The maximum atomic E-state index is 13.7. The van der Waals surface area contributed by atoms with E-state index in [0.29, 0.717) is 24.3 Å². The molecule has 0 spiro atoms. The normalized spacial score (nSPS) is 15.1. The SMILES string of the molecule is COC(=O)C1Cc2ccc(OCc3ccccc3)cc2CN1C(=O)c1ccc(C(C)(C)C)c(OC)c1. The topological polar surface area (TPSA) is 65.1 Å². The van der Waals surface area contributed by atoms with Crippen molar-refractivity contribution in [3.05, 3.63) is 94.5 Å². The molecule has 188 valence electrons. The van der Waals surface area contributed by atoms with Gasteiger partial charge in [-0.15, -0.1) is 0 Å². The molecule has 0 saturated carbocycles. The van der Waals surface area contributed by atoms with Crippen LogP contribution in [0.5, 0.6) is 11.5 Å². The molecular formula is C30H33NO5. The van der Waals surface area contributed by atoms with Gasteiger partial charge >= 0.3 is 5.97 Å². The number of esters is 1. The number of carbonyl (C=O) groups is 2. The highest BCUT2D eigenvalue weighted by molar-refractivity contribution is 5.97. The molecule has 1 atom stereocenters. The molecular weight excluding hydrogens is 454 g/mol. The molecule has 6 nitrogen and oxygen atoms in total. The maximum Gasteiger partial charge on any atom is 0.328 e. The molecule has 0 aromatic heterocycles. The van der Waals surface area contributed by atoms with Crippen molar-refractivity contribution in [3.63, 3.8) is 0 Å². The molecule has 1 unspecified atom stereocenters. The third-order valence-electron chi connectivity index (χ3n) is 6.55. The smallest absolute Gasteiger partial charge is 0.328 e. The van der Waals surface area contributed by atoms with Crippen LogP contribution in [0.15, 0.2) is 66.7 Å². The lowest BCUT2D eigenvalue weighted by Crippen LogP contribution is -2.49. The summed E-state index contributed by atoms with van der Waals surface area (Å²) in [6, 6.07) is 20.5. The van der Waals surface area contributed by atoms with Crippen molar-refractivity contribution in [2.45, 2.75) is 51.8 Å². The highest BCUT2D eigenvalue weighted by atomic mass is 16.5. The molecule has 0 fully saturated rings. The molecule has 1 amide bonds. The van der Waals surface area contributed by atoms with E-state index in [-0.39, 0.29) is 17.9 Å². The summed E-state index contributed by atoms with van der Waals surface area (Å²) in [4.78, 5) is 28.0.